The molecule has 3 N–H and O–H groups in total. The van der Waals surface area contributed by atoms with E-state index in [1.165, 1.54) is 0 Å². The van der Waals surface area contributed by atoms with Crippen LogP contribution in [0, 0.1) is 6.92 Å². The molecule has 0 saturated carbocycles. The maximum Gasteiger partial charge on any atom is 0.255 e. The third-order valence-corrected chi connectivity index (χ3v) is 3.32. The first-order chi connectivity index (χ1) is 9.65. The lowest BCUT2D eigenvalue weighted by Gasteiger charge is -2.09. The van der Waals surface area contributed by atoms with Gasteiger partial charge in [0.1, 0.15) is 12.4 Å². The van der Waals surface area contributed by atoms with Crippen LogP contribution in [0.2, 0.25) is 0 Å². The van der Waals surface area contributed by atoms with Gasteiger partial charge in [-0.3, -0.25) is 9.78 Å². The Kier molecular flexibility index (Phi) is 3.02. The minimum Gasteiger partial charge on any atom is -0.491 e. The number of rotatable bonds is 1. The molecule has 0 atom stereocenters. The summed E-state index contributed by atoms with van der Waals surface area (Å²) in [5, 5.41) is 2.80. The highest BCUT2D eigenvalue weighted by atomic mass is 16.5. The molecule has 5 nitrogen and oxygen atoms in total. The van der Waals surface area contributed by atoms with E-state index in [4.69, 9.17) is 10.5 Å². The van der Waals surface area contributed by atoms with Gasteiger partial charge in [-0.1, -0.05) is 0 Å². The molecule has 0 fully saturated rings. The van der Waals surface area contributed by atoms with Crippen molar-refractivity contribution in [3.8, 4) is 17.0 Å². The smallest absolute Gasteiger partial charge is 0.255 e. The SMILES string of the molecule is Cc1cc(-c2ccc3c(c2)C(=O)NCCO3)ncc1N. The van der Waals surface area contributed by atoms with Gasteiger partial charge in [0, 0.05) is 5.56 Å². The summed E-state index contributed by atoms with van der Waals surface area (Å²) < 4.78 is 5.53. The summed E-state index contributed by atoms with van der Waals surface area (Å²) >= 11 is 0. The number of nitrogens with two attached hydrogens (primary N) is 1. The lowest BCUT2D eigenvalue weighted by molar-refractivity contribution is 0.0957. The van der Waals surface area contributed by atoms with E-state index in [1.807, 2.05) is 25.1 Å². The Labute approximate surface area is 116 Å². The summed E-state index contributed by atoms with van der Waals surface area (Å²) in [6.07, 6.45) is 1.63. The van der Waals surface area contributed by atoms with Gasteiger partial charge in [0.05, 0.1) is 29.7 Å². The van der Waals surface area contributed by atoms with Crippen LogP contribution < -0.4 is 15.8 Å². The van der Waals surface area contributed by atoms with Crippen molar-refractivity contribution in [2.24, 2.45) is 0 Å². The molecule has 5 heteroatoms. The zero-order valence-corrected chi connectivity index (χ0v) is 11.1. The molecule has 1 aromatic carbocycles. The fraction of sp³-hybridized carbons (Fsp3) is 0.200. The number of benzene rings is 1. The lowest BCUT2D eigenvalue weighted by Crippen LogP contribution is -2.24. The first kappa shape index (κ1) is 12.5. The third kappa shape index (κ3) is 2.18. The Morgan fingerprint density at radius 3 is 3.00 bits per heavy atom. The third-order valence-electron chi connectivity index (χ3n) is 3.32. The van der Waals surface area contributed by atoms with E-state index in [0.717, 1.165) is 16.8 Å². The standard InChI is InChI=1S/C15H15N3O2/c1-9-6-13(18-8-12(9)16)10-2-3-14-11(7-10)15(19)17-4-5-20-14/h2-3,6-8H,4-5,16H2,1H3,(H,17,19). The zero-order chi connectivity index (χ0) is 14.1. The molecule has 0 radical (unpaired) electrons. The van der Waals surface area contributed by atoms with E-state index in [-0.39, 0.29) is 5.91 Å². The van der Waals surface area contributed by atoms with Crippen LogP contribution in [0.5, 0.6) is 5.75 Å². The normalized spacial score (nSPS) is 13.9. The summed E-state index contributed by atoms with van der Waals surface area (Å²) in [7, 11) is 0. The second-order valence-corrected chi connectivity index (χ2v) is 4.74. The summed E-state index contributed by atoms with van der Waals surface area (Å²) in [5.74, 6) is 0.488. The number of pyridine rings is 1. The number of hydrogen-bond donors (Lipinski definition) is 2. The Morgan fingerprint density at radius 1 is 1.35 bits per heavy atom. The molecule has 0 saturated heterocycles. The molecule has 20 heavy (non-hydrogen) atoms. The number of hydrogen-bond acceptors (Lipinski definition) is 4. The Balaban J connectivity index is 2.07. The van der Waals surface area contributed by atoms with Crippen molar-refractivity contribution < 1.29 is 9.53 Å². The molecule has 2 heterocycles. The van der Waals surface area contributed by atoms with Crippen molar-refractivity contribution in [3.05, 3.63) is 41.6 Å². The first-order valence-electron chi connectivity index (χ1n) is 6.43. The van der Waals surface area contributed by atoms with Crippen molar-refractivity contribution in [1.82, 2.24) is 10.3 Å². The minimum atomic E-state index is -0.119. The highest BCUT2D eigenvalue weighted by Crippen LogP contribution is 2.27. The molecule has 0 aliphatic carbocycles. The van der Waals surface area contributed by atoms with Gasteiger partial charge in [0.15, 0.2) is 0 Å². The molecule has 1 aliphatic heterocycles. The molecule has 0 bridgehead atoms. The van der Waals surface area contributed by atoms with E-state index in [0.29, 0.717) is 30.2 Å². The fourth-order valence-electron chi connectivity index (χ4n) is 2.14. The summed E-state index contributed by atoms with van der Waals surface area (Å²) in [6.45, 7) is 2.93. The summed E-state index contributed by atoms with van der Waals surface area (Å²) in [4.78, 5) is 16.3. The number of aryl methyl sites for hydroxylation is 1. The van der Waals surface area contributed by atoms with Crippen LogP contribution in [0.25, 0.3) is 11.3 Å². The quantitative estimate of drug-likeness (QED) is 0.827. The van der Waals surface area contributed by atoms with Crippen molar-refractivity contribution in [3.63, 3.8) is 0 Å². The van der Waals surface area contributed by atoms with Crippen LogP contribution >= 0.6 is 0 Å². The fourth-order valence-corrected chi connectivity index (χ4v) is 2.14. The van der Waals surface area contributed by atoms with Gasteiger partial charge in [-0.25, -0.2) is 0 Å². The molecule has 102 valence electrons. The van der Waals surface area contributed by atoms with Crippen LogP contribution in [0.1, 0.15) is 15.9 Å². The molecule has 0 spiro atoms. The van der Waals surface area contributed by atoms with E-state index in [9.17, 15) is 4.79 Å². The maximum absolute atomic E-state index is 12.0. The Hall–Kier alpha value is -2.56. The number of carbonyl (C=O) groups excluding carboxylic acids is 1. The minimum absolute atomic E-state index is 0.119. The second kappa shape index (κ2) is 4.85. The molecular formula is C15H15N3O2. The van der Waals surface area contributed by atoms with Crippen LogP contribution in [-0.4, -0.2) is 24.0 Å². The first-order valence-corrected chi connectivity index (χ1v) is 6.43. The van der Waals surface area contributed by atoms with Gasteiger partial charge in [-0.05, 0) is 36.8 Å². The number of fused-ring (bicyclic) bond motifs is 1. The van der Waals surface area contributed by atoms with Crippen LogP contribution in [0.15, 0.2) is 30.5 Å². The van der Waals surface area contributed by atoms with E-state index in [1.54, 1.807) is 12.3 Å². The number of ether oxygens (including phenoxy) is 1. The molecule has 3 rings (SSSR count). The van der Waals surface area contributed by atoms with Crippen molar-refractivity contribution in [1.29, 1.82) is 0 Å². The van der Waals surface area contributed by atoms with E-state index >= 15 is 0 Å². The van der Waals surface area contributed by atoms with Gasteiger partial charge in [0.2, 0.25) is 0 Å². The van der Waals surface area contributed by atoms with Crippen molar-refractivity contribution >= 4 is 11.6 Å². The number of nitrogens with zero attached hydrogens (tertiary/aromatic N) is 1. The highest BCUT2D eigenvalue weighted by Gasteiger charge is 2.17. The van der Waals surface area contributed by atoms with Gasteiger partial charge in [0.25, 0.3) is 5.91 Å². The van der Waals surface area contributed by atoms with Crippen molar-refractivity contribution in [2.75, 3.05) is 18.9 Å². The molecule has 1 amide bonds. The second-order valence-electron chi connectivity index (χ2n) is 4.74. The van der Waals surface area contributed by atoms with Gasteiger partial charge in [-0.15, -0.1) is 0 Å². The Bertz CT molecular complexity index is 683. The van der Waals surface area contributed by atoms with Crippen LogP contribution in [0.3, 0.4) is 0 Å². The highest BCUT2D eigenvalue weighted by molar-refractivity contribution is 5.98. The number of anilines is 1. The molecule has 0 unspecified atom stereocenters. The summed E-state index contributed by atoms with van der Waals surface area (Å²) in [6, 6.07) is 7.42. The average Bonchev–Trinajstić information content (AvgIpc) is 2.64. The zero-order valence-electron chi connectivity index (χ0n) is 11.1. The lowest BCUT2D eigenvalue weighted by atomic mass is 10.0. The molecule has 2 aromatic rings. The largest absolute Gasteiger partial charge is 0.491 e. The van der Waals surface area contributed by atoms with Crippen LogP contribution in [-0.2, 0) is 0 Å². The number of carbonyl (C=O) groups is 1. The summed E-state index contributed by atoms with van der Waals surface area (Å²) in [5.41, 5.74) is 9.59. The monoisotopic (exact) mass is 269 g/mol. The number of amides is 1. The predicted octanol–water partition coefficient (Wildman–Crippen LogP) is 1.76. The van der Waals surface area contributed by atoms with E-state index in [2.05, 4.69) is 10.3 Å². The van der Waals surface area contributed by atoms with Crippen molar-refractivity contribution in [2.45, 2.75) is 6.92 Å². The molecule has 1 aliphatic rings. The molecule has 1 aromatic heterocycles. The topological polar surface area (TPSA) is 77.2 Å². The maximum atomic E-state index is 12.0. The van der Waals surface area contributed by atoms with Crippen LogP contribution in [0.4, 0.5) is 5.69 Å². The number of aromatic nitrogens is 1. The van der Waals surface area contributed by atoms with Gasteiger partial charge in [-0.2, -0.15) is 0 Å². The average molecular weight is 269 g/mol. The number of nitrogens with one attached hydrogen (secondary N) is 1. The molecular weight excluding hydrogens is 254 g/mol. The van der Waals surface area contributed by atoms with Gasteiger partial charge >= 0.3 is 0 Å². The van der Waals surface area contributed by atoms with Gasteiger partial charge < -0.3 is 15.8 Å². The van der Waals surface area contributed by atoms with E-state index < -0.39 is 0 Å². The Morgan fingerprint density at radius 2 is 2.20 bits per heavy atom. The number of nitrogen functional groups attached to an aromatic ring is 1. The predicted molar refractivity (Wildman–Crippen MR) is 76.7 cm³/mol.